The van der Waals surface area contributed by atoms with Gasteiger partial charge < -0.3 is 4.90 Å². The first-order chi connectivity index (χ1) is 8.54. The summed E-state index contributed by atoms with van der Waals surface area (Å²) in [6.45, 7) is 0.186. The number of amides is 3. The summed E-state index contributed by atoms with van der Waals surface area (Å²) in [5, 5.41) is 5.40. The quantitative estimate of drug-likeness (QED) is 0.784. The summed E-state index contributed by atoms with van der Waals surface area (Å²) in [6, 6.07) is 2.53. The number of guanidine groups is 1. The molecule has 8 heteroatoms. The molecule has 7 nitrogen and oxygen atoms in total. The second kappa shape index (κ2) is 5.01. The van der Waals surface area contributed by atoms with E-state index < -0.39 is 6.03 Å². The number of carbonyl (C=O) groups is 2. The molecule has 2 N–H and O–H groups in total. The van der Waals surface area contributed by atoms with Gasteiger partial charge in [0.1, 0.15) is 5.82 Å². The summed E-state index contributed by atoms with van der Waals surface area (Å²) in [7, 11) is 1.66. The number of pyridine rings is 1. The Morgan fingerprint density at radius 1 is 1.61 bits per heavy atom. The van der Waals surface area contributed by atoms with E-state index in [0.29, 0.717) is 10.8 Å². The Morgan fingerprint density at radius 3 is 2.94 bits per heavy atom. The van der Waals surface area contributed by atoms with Gasteiger partial charge in [-0.15, -0.1) is 0 Å². The molecule has 1 saturated heterocycles. The number of nitrogens with one attached hydrogen (secondary N) is 2. The topological polar surface area (TPSA) is 86.7 Å². The fraction of sp³-hybridized carbons (Fsp3) is 0.200. The van der Waals surface area contributed by atoms with Gasteiger partial charge in [0.25, 0.3) is 0 Å². The lowest BCUT2D eigenvalue weighted by molar-refractivity contribution is -0.118. The number of carbonyl (C=O) groups excluding carboxylic acids is 2. The van der Waals surface area contributed by atoms with Crippen LogP contribution in [0.2, 0.25) is 5.02 Å². The smallest absolute Gasteiger partial charge is 0.336 e. The molecule has 1 aromatic heterocycles. The second-order valence-corrected chi connectivity index (χ2v) is 4.07. The number of likely N-dealkylation sites (N-methyl/N-ethyl adjacent to an activating group) is 1. The molecule has 3 amide bonds. The maximum absolute atomic E-state index is 11.6. The van der Waals surface area contributed by atoms with Crippen molar-refractivity contribution in [1.82, 2.24) is 15.2 Å². The minimum Gasteiger partial charge on any atom is -0.336 e. The van der Waals surface area contributed by atoms with Gasteiger partial charge in [0.15, 0.2) is 0 Å². The molecule has 0 bridgehead atoms. The summed E-state index contributed by atoms with van der Waals surface area (Å²) in [6.07, 6.45) is 1.41. The summed E-state index contributed by atoms with van der Waals surface area (Å²) in [5.41, 5.74) is 0. The average Bonchev–Trinajstić information content (AvgIpc) is 2.61. The Labute approximate surface area is 108 Å². The third kappa shape index (κ3) is 2.95. The highest BCUT2D eigenvalue weighted by atomic mass is 35.5. The number of aromatic nitrogens is 1. The summed E-state index contributed by atoms with van der Waals surface area (Å²) in [5.74, 6) is 0.348. The van der Waals surface area contributed by atoms with Gasteiger partial charge >= 0.3 is 6.03 Å². The van der Waals surface area contributed by atoms with Crippen molar-refractivity contribution in [1.29, 1.82) is 0 Å². The number of aliphatic imine (C=N–C) groups is 1. The zero-order valence-electron chi connectivity index (χ0n) is 9.48. The Balaban J connectivity index is 2.02. The number of rotatable bonds is 1. The van der Waals surface area contributed by atoms with E-state index in [1.807, 2.05) is 0 Å². The first-order valence-electron chi connectivity index (χ1n) is 5.07. The molecule has 0 aromatic carbocycles. The van der Waals surface area contributed by atoms with Crippen molar-refractivity contribution in [2.75, 3.05) is 18.9 Å². The van der Waals surface area contributed by atoms with Gasteiger partial charge in [-0.2, -0.15) is 4.99 Å². The molecule has 1 aromatic rings. The van der Waals surface area contributed by atoms with Crippen LogP contribution in [-0.2, 0) is 4.79 Å². The zero-order chi connectivity index (χ0) is 13.1. The van der Waals surface area contributed by atoms with Crippen LogP contribution in [0.5, 0.6) is 0 Å². The first-order valence-corrected chi connectivity index (χ1v) is 5.44. The maximum Gasteiger partial charge on any atom is 0.349 e. The normalized spacial score (nSPS) is 16.9. The van der Waals surface area contributed by atoms with E-state index in [-0.39, 0.29) is 18.4 Å². The molecule has 0 unspecified atom stereocenters. The van der Waals surface area contributed by atoms with Gasteiger partial charge in [0, 0.05) is 13.2 Å². The van der Waals surface area contributed by atoms with Gasteiger partial charge in [-0.05, 0) is 12.1 Å². The molecule has 1 fully saturated rings. The number of nitrogens with zero attached hydrogens (tertiary/aromatic N) is 3. The Morgan fingerprint density at radius 2 is 2.39 bits per heavy atom. The monoisotopic (exact) mass is 267 g/mol. The number of anilines is 1. The lowest BCUT2D eigenvalue weighted by Crippen LogP contribution is -2.29. The second-order valence-electron chi connectivity index (χ2n) is 3.63. The third-order valence-electron chi connectivity index (χ3n) is 2.16. The van der Waals surface area contributed by atoms with E-state index in [1.54, 1.807) is 19.2 Å². The number of hydrogen-bond donors (Lipinski definition) is 2. The minimum absolute atomic E-state index is 0.186. The highest BCUT2D eigenvalue weighted by Gasteiger charge is 2.22. The Hall–Kier alpha value is -2.15. The van der Waals surface area contributed by atoms with Crippen LogP contribution in [0.4, 0.5) is 10.6 Å². The lowest BCUT2D eigenvalue weighted by atomic mass is 10.4. The number of hydrogen-bond acceptors (Lipinski definition) is 3. The molecule has 94 valence electrons. The van der Waals surface area contributed by atoms with Gasteiger partial charge in [0.2, 0.25) is 11.9 Å². The zero-order valence-corrected chi connectivity index (χ0v) is 10.2. The summed E-state index contributed by atoms with van der Waals surface area (Å²) in [4.78, 5) is 31.7. The van der Waals surface area contributed by atoms with Gasteiger partial charge in [-0.25, -0.2) is 9.78 Å². The fourth-order valence-corrected chi connectivity index (χ4v) is 1.46. The molecular formula is C10H10ClN5O2. The number of halogens is 1. The van der Waals surface area contributed by atoms with Crippen LogP contribution in [0.15, 0.2) is 23.3 Å². The molecule has 1 aliphatic heterocycles. The summed E-state index contributed by atoms with van der Waals surface area (Å²) < 4.78 is 0. The van der Waals surface area contributed by atoms with Gasteiger partial charge in [-0.3, -0.25) is 15.4 Å². The van der Waals surface area contributed by atoms with Gasteiger partial charge in [-0.1, -0.05) is 11.6 Å². The molecule has 18 heavy (non-hydrogen) atoms. The van der Waals surface area contributed by atoms with Crippen molar-refractivity contribution in [3.05, 3.63) is 23.4 Å². The van der Waals surface area contributed by atoms with E-state index in [2.05, 4.69) is 20.6 Å². The van der Waals surface area contributed by atoms with Crippen LogP contribution < -0.4 is 10.6 Å². The predicted octanol–water partition coefficient (Wildman–Crippen LogP) is 0.685. The van der Waals surface area contributed by atoms with E-state index in [4.69, 9.17) is 11.6 Å². The highest BCUT2D eigenvalue weighted by Crippen LogP contribution is 2.09. The Kier molecular flexibility index (Phi) is 3.42. The predicted molar refractivity (Wildman–Crippen MR) is 66.5 cm³/mol. The molecule has 0 aliphatic carbocycles. The van der Waals surface area contributed by atoms with E-state index in [9.17, 15) is 9.59 Å². The largest absolute Gasteiger partial charge is 0.349 e. The standard InChI is InChI=1S/C10H10ClN5O2/c1-16-5-8(17)14-9(16)15-10(18)13-7-3-2-6(11)4-12-7/h2-4H,5H2,1H3,(H2,12,13,14,15,17,18). The van der Waals surface area contributed by atoms with Crippen LogP contribution in [0.25, 0.3) is 0 Å². The molecule has 0 atom stereocenters. The van der Waals surface area contributed by atoms with Crippen LogP contribution in [0.1, 0.15) is 0 Å². The van der Waals surface area contributed by atoms with Crippen LogP contribution in [-0.4, -0.2) is 41.4 Å². The lowest BCUT2D eigenvalue weighted by Gasteiger charge is -2.08. The minimum atomic E-state index is -0.617. The van der Waals surface area contributed by atoms with Crippen molar-refractivity contribution in [2.24, 2.45) is 4.99 Å². The van der Waals surface area contributed by atoms with Crippen LogP contribution in [0.3, 0.4) is 0 Å². The molecule has 0 spiro atoms. The van der Waals surface area contributed by atoms with E-state index >= 15 is 0 Å². The van der Waals surface area contributed by atoms with Crippen molar-refractivity contribution in [3.8, 4) is 0 Å². The van der Waals surface area contributed by atoms with Gasteiger partial charge in [0.05, 0.1) is 11.6 Å². The van der Waals surface area contributed by atoms with Crippen LogP contribution in [0, 0.1) is 0 Å². The highest BCUT2D eigenvalue weighted by molar-refractivity contribution is 6.30. The SMILES string of the molecule is CN1CC(=O)NC1=NC(=O)Nc1ccc(Cl)cn1. The molecule has 0 saturated carbocycles. The molecular weight excluding hydrogens is 258 g/mol. The molecule has 0 radical (unpaired) electrons. The molecule has 2 heterocycles. The fourth-order valence-electron chi connectivity index (χ4n) is 1.35. The Bertz CT molecular complexity index is 514. The van der Waals surface area contributed by atoms with E-state index in [0.717, 1.165) is 0 Å². The molecule has 1 aliphatic rings. The van der Waals surface area contributed by atoms with Crippen molar-refractivity contribution < 1.29 is 9.59 Å². The van der Waals surface area contributed by atoms with E-state index in [1.165, 1.54) is 11.1 Å². The maximum atomic E-state index is 11.6. The van der Waals surface area contributed by atoms with Crippen LogP contribution >= 0.6 is 11.6 Å². The number of urea groups is 1. The molecule has 2 rings (SSSR count). The van der Waals surface area contributed by atoms with Crippen molar-refractivity contribution in [3.63, 3.8) is 0 Å². The summed E-state index contributed by atoms with van der Waals surface area (Å²) >= 11 is 5.66. The van der Waals surface area contributed by atoms with Crippen molar-refractivity contribution in [2.45, 2.75) is 0 Å². The van der Waals surface area contributed by atoms with Crippen molar-refractivity contribution >= 4 is 35.3 Å². The first kappa shape index (κ1) is 12.3. The average molecular weight is 268 g/mol. The third-order valence-corrected chi connectivity index (χ3v) is 2.39.